The van der Waals surface area contributed by atoms with E-state index in [0.29, 0.717) is 12.0 Å². The highest BCUT2D eigenvalue weighted by Crippen LogP contribution is 2.21. The fourth-order valence-corrected chi connectivity index (χ4v) is 1.49. The lowest BCUT2D eigenvalue weighted by molar-refractivity contribution is 0.107. The summed E-state index contributed by atoms with van der Waals surface area (Å²) in [7, 11) is 1.62. The van der Waals surface area contributed by atoms with E-state index in [0.717, 1.165) is 12.5 Å². The molecule has 0 aliphatic heterocycles. The molecule has 16 heavy (non-hydrogen) atoms. The van der Waals surface area contributed by atoms with E-state index in [9.17, 15) is 8.78 Å². The van der Waals surface area contributed by atoms with Crippen molar-refractivity contribution in [3.63, 3.8) is 0 Å². The molecule has 90 valence electrons. The fraction of sp³-hybridized carbons (Fsp3) is 0.500. The molecule has 0 aliphatic rings. The summed E-state index contributed by atoms with van der Waals surface area (Å²) < 4.78 is 31.1. The zero-order chi connectivity index (χ0) is 12.1. The van der Waals surface area contributed by atoms with Crippen LogP contribution in [-0.4, -0.2) is 13.2 Å². The second-order valence-electron chi connectivity index (χ2n) is 3.90. The summed E-state index contributed by atoms with van der Waals surface area (Å²) in [6.07, 6.45) is 1.45. The number of ether oxygens (including phenoxy) is 1. The third-order valence-electron chi connectivity index (χ3n) is 2.65. The Hall–Kier alpha value is -1.00. The maximum atomic E-state index is 13.4. The molecule has 0 radical (unpaired) electrons. The summed E-state index contributed by atoms with van der Waals surface area (Å²) in [5, 5.41) is 0. The smallest absolute Gasteiger partial charge is 0.130 e. The van der Waals surface area contributed by atoms with Crippen LogP contribution in [0.2, 0.25) is 0 Å². The van der Waals surface area contributed by atoms with Crippen molar-refractivity contribution in [3.8, 4) is 0 Å². The summed E-state index contributed by atoms with van der Waals surface area (Å²) in [4.78, 5) is 0. The van der Waals surface area contributed by atoms with E-state index in [4.69, 9.17) is 10.5 Å². The largest absolute Gasteiger partial charge is 0.382 e. The first kappa shape index (κ1) is 13.1. The first-order valence-electron chi connectivity index (χ1n) is 5.28. The van der Waals surface area contributed by atoms with E-state index in [-0.39, 0.29) is 6.10 Å². The molecule has 2 nitrogen and oxygen atoms in total. The van der Waals surface area contributed by atoms with Crippen LogP contribution in [0.25, 0.3) is 0 Å². The van der Waals surface area contributed by atoms with Crippen LogP contribution in [0.1, 0.15) is 31.4 Å². The lowest BCUT2D eigenvalue weighted by atomic mass is 10.0. The molecule has 0 saturated carbocycles. The van der Waals surface area contributed by atoms with Gasteiger partial charge in [-0.1, -0.05) is 6.07 Å². The van der Waals surface area contributed by atoms with E-state index in [1.807, 2.05) is 6.92 Å². The van der Waals surface area contributed by atoms with Crippen molar-refractivity contribution in [1.82, 2.24) is 0 Å². The number of halogens is 2. The standard InChI is InChI=1S/C12H17F2NO/c1-8(16-2)3-6-12(15)10-5-4-9(13)7-11(10)14/h4-5,7-8,12H,3,6,15H2,1-2H3. The lowest BCUT2D eigenvalue weighted by Gasteiger charge is -2.15. The van der Waals surface area contributed by atoms with Gasteiger partial charge in [0.25, 0.3) is 0 Å². The van der Waals surface area contributed by atoms with Crippen molar-refractivity contribution < 1.29 is 13.5 Å². The molecule has 1 aromatic rings. The van der Waals surface area contributed by atoms with Crippen LogP contribution in [0.5, 0.6) is 0 Å². The zero-order valence-corrected chi connectivity index (χ0v) is 9.54. The average Bonchev–Trinajstić information content (AvgIpc) is 2.25. The second-order valence-corrected chi connectivity index (χ2v) is 3.90. The minimum Gasteiger partial charge on any atom is -0.382 e. The van der Waals surface area contributed by atoms with Gasteiger partial charge in [-0.3, -0.25) is 0 Å². The Morgan fingerprint density at radius 1 is 1.31 bits per heavy atom. The molecule has 0 spiro atoms. The highest BCUT2D eigenvalue weighted by molar-refractivity contribution is 5.21. The molecule has 0 heterocycles. The van der Waals surface area contributed by atoms with Crippen LogP contribution < -0.4 is 5.73 Å². The Morgan fingerprint density at radius 2 is 2.00 bits per heavy atom. The number of methoxy groups -OCH3 is 1. The number of nitrogens with two attached hydrogens (primary N) is 1. The molecule has 2 N–H and O–H groups in total. The maximum absolute atomic E-state index is 13.4. The van der Waals surface area contributed by atoms with Crippen molar-refractivity contribution in [2.45, 2.75) is 31.9 Å². The molecule has 2 unspecified atom stereocenters. The van der Waals surface area contributed by atoms with Crippen LogP contribution in [0, 0.1) is 11.6 Å². The average molecular weight is 229 g/mol. The molecule has 0 aromatic heterocycles. The zero-order valence-electron chi connectivity index (χ0n) is 9.54. The normalized spacial score (nSPS) is 14.8. The predicted octanol–water partition coefficient (Wildman–Crippen LogP) is 2.78. The van der Waals surface area contributed by atoms with E-state index >= 15 is 0 Å². The third kappa shape index (κ3) is 3.54. The number of hydrogen-bond acceptors (Lipinski definition) is 2. The summed E-state index contributed by atoms with van der Waals surface area (Å²) >= 11 is 0. The van der Waals surface area contributed by atoms with Crippen LogP contribution in [0.4, 0.5) is 8.78 Å². The van der Waals surface area contributed by atoms with Gasteiger partial charge in [0, 0.05) is 24.8 Å². The van der Waals surface area contributed by atoms with E-state index in [1.165, 1.54) is 12.1 Å². The van der Waals surface area contributed by atoms with Gasteiger partial charge < -0.3 is 10.5 Å². The van der Waals surface area contributed by atoms with Gasteiger partial charge in [-0.2, -0.15) is 0 Å². The minimum atomic E-state index is -0.586. The van der Waals surface area contributed by atoms with Crippen LogP contribution in [0.15, 0.2) is 18.2 Å². The van der Waals surface area contributed by atoms with Gasteiger partial charge in [-0.15, -0.1) is 0 Å². The Labute approximate surface area is 94.4 Å². The molecule has 4 heteroatoms. The van der Waals surface area contributed by atoms with Gasteiger partial charge in [0.2, 0.25) is 0 Å². The Kier molecular flexibility index (Phi) is 4.83. The summed E-state index contributed by atoms with van der Waals surface area (Å²) in [5.41, 5.74) is 6.18. The number of rotatable bonds is 5. The van der Waals surface area contributed by atoms with E-state index in [1.54, 1.807) is 7.11 Å². The topological polar surface area (TPSA) is 35.2 Å². The van der Waals surface area contributed by atoms with Crippen LogP contribution in [0.3, 0.4) is 0 Å². The molecule has 0 amide bonds. The fourth-order valence-electron chi connectivity index (χ4n) is 1.49. The van der Waals surface area contributed by atoms with Crippen molar-refractivity contribution in [2.24, 2.45) is 5.73 Å². The van der Waals surface area contributed by atoms with E-state index < -0.39 is 17.7 Å². The summed E-state index contributed by atoms with van der Waals surface area (Å²) in [5.74, 6) is -1.17. The molecule has 1 rings (SSSR count). The van der Waals surface area contributed by atoms with Gasteiger partial charge >= 0.3 is 0 Å². The lowest BCUT2D eigenvalue weighted by Crippen LogP contribution is -2.15. The highest BCUT2D eigenvalue weighted by atomic mass is 19.1. The van der Waals surface area contributed by atoms with Gasteiger partial charge in [0.05, 0.1) is 6.10 Å². The molecule has 0 fully saturated rings. The van der Waals surface area contributed by atoms with Crippen molar-refractivity contribution in [2.75, 3.05) is 7.11 Å². The monoisotopic (exact) mass is 229 g/mol. The van der Waals surface area contributed by atoms with E-state index in [2.05, 4.69) is 0 Å². The Morgan fingerprint density at radius 3 is 2.56 bits per heavy atom. The van der Waals surface area contributed by atoms with Crippen molar-refractivity contribution in [1.29, 1.82) is 0 Å². The Balaban J connectivity index is 2.62. The quantitative estimate of drug-likeness (QED) is 0.842. The van der Waals surface area contributed by atoms with Gasteiger partial charge in [-0.25, -0.2) is 8.78 Å². The van der Waals surface area contributed by atoms with Gasteiger partial charge in [-0.05, 0) is 25.8 Å². The van der Waals surface area contributed by atoms with Crippen LogP contribution >= 0.6 is 0 Å². The molecule has 1 aromatic carbocycles. The first-order valence-corrected chi connectivity index (χ1v) is 5.28. The van der Waals surface area contributed by atoms with Gasteiger partial charge in [0.1, 0.15) is 11.6 Å². The summed E-state index contributed by atoms with van der Waals surface area (Å²) in [6, 6.07) is 3.05. The summed E-state index contributed by atoms with van der Waals surface area (Å²) in [6.45, 7) is 1.92. The number of benzene rings is 1. The number of hydrogen-bond donors (Lipinski definition) is 1. The Bertz CT molecular complexity index is 344. The maximum Gasteiger partial charge on any atom is 0.130 e. The molecule has 0 saturated heterocycles. The molecule has 0 aliphatic carbocycles. The first-order chi connectivity index (χ1) is 7.54. The van der Waals surface area contributed by atoms with Crippen molar-refractivity contribution in [3.05, 3.63) is 35.4 Å². The molecule has 0 bridgehead atoms. The minimum absolute atomic E-state index is 0.0922. The molecular weight excluding hydrogens is 212 g/mol. The predicted molar refractivity (Wildman–Crippen MR) is 59.0 cm³/mol. The van der Waals surface area contributed by atoms with Crippen molar-refractivity contribution >= 4 is 0 Å². The molecular formula is C12H17F2NO. The molecule has 2 atom stereocenters. The van der Waals surface area contributed by atoms with Gasteiger partial charge in [0.15, 0.2) is 0 Å². The SMILES string of the molecule is COC(C)CCC(N)c1ccc(F)cc1F. The third-order valence-corrected chi connectivity index (χ3v) is 2.65. The highest BCUT2D eigenvalue weighted by Gasteiger charge is 2.13. The second kappa shape index (κ2) is 5.92. The van der Waals surface area contributed by atoms with Crippen LogP contribution in [-0.2, 0) is 4.74 Å².